The number of rotatable bonds is 18. The Morgan fingerprint density at radius 1 is 0.771 bits per heavy atom. The van der Waals surface area contributed by atoms with Gasteiger partial charge in [0.2, 0.25) is 17.7 Å². The van der Waals surface area contributed by atoms with Crippen LogP contribution in [0.2, 0.25) is 0 Å². The summed E-state index contributed by atoms with van der Waals surface area (Å²) in [6, 6.07) is -4.35. The Morgan fingerprint density at radius 2 is 1.31 bits per heavy atom. The van der Waals surface area contributed by atoms with E-state index in [1.807, 2.05) is 6.92 Å². The number of carboxylic acids is 2. The van der Waals surface area contributed by atoms with E-state index in [0.717, 1.165) is 0 Å². The van der Waals surface area contributed by atoms with E-state index in [1.54, 1.807) is 20.8 Å². The fourth-order valence-electron chi connectivity index (χ4n) is 3.34. The second kappa shape index (κ2) is 16.8. The first-order valence-corrected chi connectivity index (χ1v) is 12.2. The number of hydrogen-bond donors (Lipinski definition) is 7. The summed E-state index contributed by atoms with van der Waals surface area (Å²) >= 11 is 0. The van der Waals surface area contributed by atoms with Crippen LogP contribution in [0.5, 0.6) is 0 Å². The summed E-state index contributed by atoms with van der Waals surface area (Å²) in [4.78, 5) is 61.2. The molecular weight excluding hydrogens is 458 g/mol. The molecule has 0 heterocycles. The molecule has 9 N–H and O–H groups in total. The smallest absolute Gasteiger partial charge is 0.326 e. The molecule has 0 spiro atoms. The molecule has 0 rings (SSSR count). The Kier molecular flexibility index (Phi) is 15.5. The molecule has 0 aliphatic rings. The zero-order chi connectivity index (χ0) is 27.1. The first kappa shape index (κ1) is 32.3. The topological polar surface area (TPSA) is 214 Å². The summed E-state index contributed by atoms with van der Waals surface area (Å²) < 4.78 is 0. The third kappa shape index (κ3) is 12.0. The minimum Gasteiger partial charge on any atom is -0.481 e. The Bertz CT molecular complexity index is 718. The molecule has 6 unspecified atom stereocenters. The molecule has 12 nitrogen and oxygen atoms in total. The predicted molar refractivity (Wildman–Crippen MR) is 130 cm³/mol. The van der Waals surface area contributed by atoms with Gasteiger partial charge in [-0.1, -0.05) is 47.0 Å². The van der Waals surface area contributed by atoms with Crippen molar-refractivity contribution in [3.05, 3.63) is 0 Å². The zero-order valence-corrected chi connectivity index (χ0v) is 21.2. The molecule has 6 atom stereocenters. The summed E-state index contributed by atoms with van der Waals surface area (Å²) in [6.07, 6.45) is 2.07. The van der Waals surface area contributed by atoms with Gasteiger partial charge in [0.25, 0.3) is 0 Å². The van der Waals surface area contributed by atoms with Crippen molar-refractivity contribution in [3.63, 3.8) is 0 Å². The summed E-state index contributed by atoms with van der Waals surface area (Å²) in [5, 5.41) is 26.1. The van der Waals surface area contributed by atoms with Crippen molar-refractivity contribution in [2.75, 3.05) is 6.54 Å². The van der Waals surface area contributed by atoms with Gasteiger partial charge >= 0.3 is 11.9 Å². The van der Waals surface area contributed by atoms with Gasteiger partial charge in [0.15, 0.2) is 0 Å². The standard InChI is InChI=1S/C23H43N5O7/c1-5-13(3)18(22(33)28-19(23(34)35)14(4)6-2)27-21(32)16(10-11-17(29)30)26-20(31)15(25)9-7-8-12-24/h13-16,18-19H,5-12,24-25H2,1-4H3,(H,26,31)(H,27,32)(H,28,33)(H,29,30)(H,34,35). The lowest BCUT2D eigenvalue weighted by Crippen LogP contribution is -2.59. The summed E-state index contributed by atoms with van der Waals surface area (Å²) in [5.74, 6) is -5.06. The fraction of sp³-hybridized carbons (Fsp3) is 0.783. The number of carbonyl (C=O) groups is 5. The maximum Gasteiger partial charge on any atom is 0.326 e. The second-order valence-electron chi connectivity index (χ2n) is 8.97. The van der Waals surface area contributed by atoms with Crippen LogP contribution in [0.3, 0.4) is 0 Å². The third-order valence-corrected chi connectivity index (χ3v) is 6.16. The van der Waals surface area contributed by atoms with Crippen LogP contribution in [0.25, 0.3) is 0 Å². The van der Waals surface area contributed by atoms with Crippen molar-refractivity contribution < 1.29 is 34.2 Å². The average molecular weight is 502 g/mol. The van der Waals surface area contributed by atoms with Crippen molar-refractivity contribution in [2.24, 2.45) is 23.3 Å². The lowest BCUT2D eigenvalue weighted by atomic mass is 9.95. The van der Waals surface area contributed by atoms with Crippen LogP contribution in [-0.2, 0) is 24.0 Å². The van der Waals surface area contributed by atoms with E-state index in [0.29, 0.717) is 38.6 Å². The molecule has 202 valence electrons. The molecule has 0 radical (unpaired) electrons. The molecule has 0 fully saturated rings. The van der Waals surface area contributed by atoms with Gasteiger partial charge in [-0.05, 0) is 37.6 Å². The molecule has 0 saturated heterocycles. The maximum absolute atomic E-state index is 13.0. The van der Waals surface area contributed by atoms with Crippen molar-refractivity contribution in [1.82, 2.24) is 16.0 Å². The van der Waals surface area contributed by atoms with E-state index in [4.69, 9.17) is 16.6 Å². The minimum atomic E-state index is -1.23. The lowest BCUT2D eigenvalue weighted by Gasteiger charge is -2.29. The van der Waals surface area contributed by atoms with E-state index in [2.05, 4.69) is 16.0 Å². The molecule has 3 amide bonds. The van der Waals surface area contributed by atoms with Crippen LogP contribution in [0, 0.1) is 11.8 Å². The summed E-state index contributed by atoms with van der Waals surface area (Å²) in [5.41, 5.74) is 11.3. The first-order chi connectivity index (χ1) is 16.4. The monoisotopic (exact) mass is 501 g/mol. The van der Waals surface area contributed by atoms with Gasteiger partial charge in [-0.15, -0.1) is 0 Å². The minimum absolute atomic E-state index is 0.206. The van der Waals surface area contributed by atoms with Gasteiger partial charge < -0.3 is 37.6 Å². The van der Waals surface area contributed by atoms with Gasteiger partial charge in [0, 0.05) is 6.42 Å². The van der Waals surface area contributed by atoms with Crippen molar-refractivity contribution in [1.29, 1.82) is 0 Å². The lowest BCUT2D eigenvalue weighted by molar-refractivity contribution is -0.144. The van der Waals surface area contributed by atoms with Crippen LogP contribution in [0.15, 0.2) is 0 Å². The SMILES string of the molecule is CCC(C)C(NC(=O)C(NC(=O)C(CCC(=O)O)NC(=O)C(N)CCCCN)C(C)CC)C(=O)O. The molecule has 35 heavy (non-hydrogen) atoms. The predicted octanol–water partition coefficient (Wildman–Crippen LogP) is -0.0613. The molecule has 0 aromatic rings. The number of carboxylic acid groups (broad SMARTS) is 2. The van der Waals surface area contributed by atoms with Crippen LogP contribution in [0.1, 0.15) is 72.6 Å². The first-order valence-electron chi connectivity index (χ1n) is 12.2. The average Bonchev–Trinajstić information content (AvgIpc) is 2.81. The number of amides is 3. The van der Waals surface area contributed by atoms with Gasteiger partial charge in [-0.3, -0.25) is 19.2 Å². The Balaban J connectivity index is 5.59. The van der Waals surface area contributed by atoms with E-state index in [1.165, 1.54) is 0 Å². The number of nitrogens with two attached hydrogens (primary N) is 2. The molecule has 0 aliphatic carbocycles. The van der Waals surface area contributed by atoms with Crippen LogP contribution >= 0.6 is 0 Å². The molecule has 0 saturated carbocycles. The van der Waals surface area contributed by atoms with E-state index in [-0.39, 0.29) is 18.3 Å². The highest BCUT2D eigenvalue weighted by atomic mass is 16.4. The maximum atomic E-state index is 13.0. The Hall–Kier alpha value is -2.73. The van der Waals surface area contributed by atoms with E-state index < -0.39 is 60.2 Å². The van der Waals surface area contributed by atoms with E-state index >= 15 is 0 Å². The largest absolute Gasteiger partial charge is 0.481 e. The number of nitrogens with one attached hydrogen (secondary N) is 3. The number of hydrogen-bond acceptors (Lipinski definition) is 7. The van der Waals surface area contributed by atoms with Crippen LogP contribution in [-0.4, -0.2) is 70.6 Å². The summed E-state index contributed by atoms with van der Waals surface area (Å²) in [7, 11) is 0. The highest BCUT2D eigenvalue weighted by Crippen LogP contribution is 2.13. The molecule has 0 aromatic heterocycles. The quantitative estimate of drug-likeness (QED) is 0.125. The fourth-order valence-corrected chi connectivity index (χ4v) is 3.34. The molecular formula is C23H43N5O7. The van der Waals surface area contributed by atoms with Gasteiger partial charge in [0.1, 0.15) is 18.1 Å². The Morgan fingerprint density at radius 3 is 1.80 bits per heavy atom. The van der Waals surface area contributed by atoms with Crippen LogP contribution in [0.4, 0.5) is 0 Å². The van der Waals surface area contributed by atoms with Gasteiger partial charge in [-0.25, -0.2) is 4.79 Å². The molecule has 0 bridgehead atoms. The van der Waals surface area contributed by atoms with Gasteiger partial charge in [-0.2, -0.15) is 0 Å². The highest BCUT2D eigenvalue weighted by Gasteiger charge is 2.34. The number of unbranched alkanes of at least 4 members (excludes halogenated alkanes) is 1. The normalized spacial score (nSPS) is 16.2. The number of aliphatic carboxylic acids is 2. The van der Waals surface area contributed by atoms with E-state index in [9.17, 15) is 29.1 Å². The van der Waals surface area contributed by atoms with Crippen molar-refractivity contribution in [2.45, 2.75) is 96.8 Å². The second-order valence-corrected chi connectivity index (χ2v) is 8.97. The molecule has 12 heteroatoms. The zero-order valence-electron chi connectivity index (χ0n) is 21.2. The highest BCUT2D eigenvalue weighted by molar-refractivity contribution is 5.94. The third-order valence-electron chi connectivity index (χ3n) is 6.16. The summed E-state index contributed by atoms with van der Waals surface area (Å²) in [6.45, 7) is 7.49. The van der Waals surface area contributed by atoms with Crippen molar-refractivity contribution >= 4 is 29.7 Å². The molecule has 0 aromatic carbocycles. The van der Waals surface area contributed by atoms with Gasteiger partial charge in [0.05, 0.1) is 6.04 Å². The number of carbonyl (C=O) groups excluding carboxylic acids is 3. The van der Waals surface area contributed by atoms with Crippen molar-refractivity contribution in [3.8, 4) is 0 Å². The molecule has 0 aliphatic heterocycles. The Labute approximate surface area is 206 Å². The van der Waals surface area contributed by atoms with Crippen LogP contribution < -0.4 is 27.4 Å².